The maximum absolute atomic E-state index is 2.52. The summed E-state index contributed by atoms with van der Waals surface area (Å²) in [6.45, 7) is 4.73. The van der Waals surface area contributed by atoms with Crippen molar-refractivity contribution in [2.45, 2.75) is 37.5 Å². The number of anilines is 2. The van der Waals surface area contributed by atoms with Crippen molar-refractivity contribution in [2.24, 2.45) is 0 Å². The van der Waals surface area contributed by atoms with Gasteiger partial charge in [0, 0.05) is 33.3 Å². The fourth-order valence-electron chi connectivity index (χ4n) is 12.6. The summed E-state index contributed by atoms with van der Waals surface area (Å²) in [5.74, 6) is 0. The Hall–Kier alpha value is -7.94. The lowest BCUT2D eigenvalue weighted by atomic mass is 9.65. The minimum atomic E-state index is -0.485. The monoisotopic (exact) mass is 842 g/mol. The molecule has 2 heteroatoms. The third-order valence-corrected chi connectivity index (χ3v) is 15.5. The van der Waals surface area contributed by atoms with Crippen LogP contribution in [0.3, 0.4) is 0 Å². The number of hydrogen-bond acceptors (Lipinski definition) is 1. The van der Waals surface area contributed by atoms with Crippen LogP contribution < -0.4 is 4.90 Å². The van der Waals surface area contributed by atoms with Gasteiger partial charge in [0.25, 0.3) is 0 Å². The lowest BCUT2D eigenvalue weighted by molar-refractivity contribution is 0.660. The van der Waals surface area contributed by atoms with Crippen LogP contribution in [0.1, 0.15) is 65.6 Å². The summed E-state index contributed by atoms with van der Waals surface area (Å²) < 4.78 is 2.52. The van der Waals surface area contributed by atoms with E-state index in [1.807, 2.05) is 0 Å². The topological polar surface area (TPSA) is 8.17 Å². The lowest BCUT2D eigenvalue weighted by Crippen LogP contribution is -2.33. The molecule has 0 radical (unpaired) electrons. The highest BCUT2D eigenvalue weighted by Crippen LogP contribution is 2.61. The molecule has 1 unspecified atom stereocenters. The SMILES string of the molecule is CC1(C)c2ccccc2-c2ccc(-c3ccc(N(C4=CC=C(c5ccccc5)CC4)c4ccc5c(c4)-c4ccccc4C54c5ccccc5-n5c6ccccc6c6cccc4c65)cc3)cc21. The third kappa shape index (κ3) is 5.02. The van der Waals surface area contributed by atoms with Crippen molar-refractivity contribution < 1.29 is 0 Å². The number of rotatable bonds is 5. The van der Waals surface area contributed by atoms with E-state index in [1.165, 1.54) is 117 Å². The van der Waals surface area contributed by atoms with E-state index in [0.29, 0.717) is 0 Å². The van der Waals surface area contributed by atoms with Gasteiger partial charge in [0.15, 0.2) is 0 Å². The van der Waals surface area contributed by atoms with E-state index in [-0.39, 0.29) is 5.41 Å². The summed E-state index contributed by atoms with van der Waals surface area (Å²) in [7, 11) is 0. The van der Waals surface area contributed by atoms with Crippen molar-refractivity contribution in [3.63, 3.8) is 0 Å². The van der Waals surface area contributed by atoms with Crippen LogP contribution in [0.4, 0.5) is 11.4 Å². The van der Waals surface area contributed by atoms with E-state index in [9.17, 15) is 0 Å². The first-order chi connectivity index (χ1) is 32.5. The molecule has 66 heavy (non-hydrogen) atoms. The van der Waals surface area contributed by atoms with Gasteiger partial charge in [0.05, 0.1) is 22.1 Å². The van der Waals surface area contributed by atoms with Gasteiger partial charge >= 0.3 is 0 Å². The van der Waals surface area contributed by atoms with E-state index >= 15 is 0 Å². The standard InChI is InChI=1S/C64H46N2/c1-63(2)54-21-9-6-17-48(54)50-37-31-44(39-59(50)63)43-29-34-46(35-30-43)65(45-32-27-42(28-33-45)41-15-4-3-5-16-41)47-36-38-56-53(40-47)49-18-7-10-22-55(49)64(56)57-23-11-13-26-61(57)66-60-25-12-8-19-51(60)52-20-14-24-58(64)62(52)66/h3-27,29-32,34-40H,28,33H2,1-2H3. The first-order valence-corrected chi connectivity index (χ1v) is 23.5. The summed E-state index contributed by atoms with van der Waals surface area (Å²) >= 11 is 0. The summed E-state index contributed by atoms with van der Waals surface area (Å²) in [5.41, 5.74) is 25.5. The van der Waals surface area contributed by atoms with Crippen molar-refractivity contribution in [2.75, 3.05) is 4.90 Å². The second kappa shape index (κ2) is 13.8. The van der Waals surface area contributed by atoms with Crippen LogP contribution in [0.15, 0.2) is 224 Å². The average molecular weight is 843 g/mol. The molecule has 3 aliphatic carbocycles. The second-order valence-electron chi connectivity index (χ2n) is 19.1. The molecule has 0 amide bonds. The highest BCUT2D eigenvalue weighted by molar-refractivity contribution is 6.13. The highest BCUT2D eigenvalue weighted by atomic mass is 15.1. The molecular weight excluding hydrogens is 797 g/mol. The van der Waals surface area contributed by atoms with Crippen molar-refractivity contribution in [1.29, 1.82) is 0 Å². The molecule has 1 aromatic heterocycles. The van der Waals surface area contributed by atoms with Gasteiger partial charge < -0.3 is 9.47 Å². The van der Waals surface area contributed by atoms with Gasteiger partial charge in [0.2, 0.25) is 0 Å². The Morgan fingerprint density at radius 3 is 1.86 bits per heavy atom. The second-order valence-corrected chi connectivity index (χ2v) is 19.1. The van der Waals surface area contributed by atoms with Crippen LogP contribution in [0.2, 0.25) is 0 Å². The molecule has 312 valence electrons. The number of fused-ring (bicyclic) bond motifs is 15. The number of para-hydroxylation sites is 3. The average Bonchev–Trinajstić information content (AvgIpc) is 3.95. The quantitative estimate of drug-likeness (QED) is 0.168. The zero-order valence-corrected chi connectivity index (χ0v) is 37.1. The van der Waals surface area contributed by atoms with Crippen LogP contribution >= 0.6 is 0 Å². The maximum atomic E-state index is 2.52. The van der Waals surface area contributed by atoms with Gasteiger partial charge in [-0.15, -0.1) is 0 Å². The molecule has 9 aromatic carbocycles. The normalized spacial score (nSPS) is 16.9. The molecule has 0 saturated heterocycles. The van der Waals surface area contributed by atoms with E-state index in [4.69, 9.17) is 0 Å². The van der Waals surface area contributed by atoms with Gasteiger partial charge in [-0.2, -0.15) is 0 Å². The summed E-state index contributed by atoms with van der Waals surface area (Å²) in [6.07, 6.45) is 6.61. The predicted octanol–water partition coefficient (Wildman–Crippen LogP) is 16.3. The molecule has 2 heterocycles. The van der Waals surface area contributed by atoms with E-state index in [1.54, 1.807) is 0 Å². The molecule has 10 aromatic rings. The molecule has 1 atom stereocenters. The minimum Gasteiger partial charge on any atom is -0.314 e. The fraction of sp³-hybridized carbons (Fsp3) is 0.0938. The smallest absolute Gasteiger partial charge is 0.0754 e. The van der Waals surface area contributed by atoms with Crippen molar-refractivity contribution in [3.05, 3.63) is 263 Å². The molecule has 2 nitrogen and oxygen atoms in total. The third-order valence-electron chi connectivity index (χ3n) is 15.5. The first-order valence-electron chi connectivity index (χ1n) is 23.5. The Balaban J connectivity index is 0.940. The van der Waals surface area contributed by atoms with Gasteiger partial charge in [-0.1, -0.05) is 184 Å². The van der Waals surface area contributed by atoms with Crippen LogP contribution in [0.5, 0.6) is 0 Å². The molecule has 0 saturated carbocycles. The Morgan fingerprint density at radius 2 is 1.05 bits per heavy atom. The van der Waals surface area contributed by atoms with E-state index in [2.05, 4.69) is 242 Å². The summed E-state index contributed by atoms with van der Waals surface area (Å²) in [5, 5.41) is 2.59. The Morgan fingerprint density at radius 1 is 0.409 bits per heavy atom. The van der Waals surface area contributed by atoms with Crippen molar-refractivity contribution >= 4 is 38.8 Å². The molecule has 0 fully saturated rings. The summed E-state index contributed by atoms with van der Waals surface area (Å²) in [6, 6.07) is 77.7. The van der Waals surface area contributed by atoms with E-state index in [0.717, 1.165) is 18.5 Å². The molecule has 1 aliphatic heterocycles. The predicted molar refractivity (Wildman–Crippen MR) is 275 cm³/mol. The van der Waals surface area contributed by atoms with Gasteiger partial charge in [-0.25, -0.2) is 0 Å². The fourth-order valence-corrected chi connectivity index (χ4v) is 12.6. The number of nitrogens with zero attached hydrogens (tertiary/aromatic N) is 2. The maximum Gasteiger partial charge on any atom is 0.0754 e. The molecule has 0 bridgehead atoms. The Labute approximate surface area is 386 Å². The van der Waals surface area contributed by atoms with Crippen LogP contribution in [-0.2, 0) is 10.8 Å². The molecule has 4 aliphatic rings. The van der Waals surface area contributed by atoms with Crippen LogP contribution in [0.25, 0.3) is 66.4 Å². The van der Waals surface area contributed by atoms with Crippen molar-refractivity contribution in [1.82, 2.24) is 4.57 Å². The van der Waals surface area contributed by atoms with Crippen LogP contribution in [-0.4, -0.2) is 4.57 Å². The number of allylic oxidation sites excluding steroid dienone is 4. The van der Waals surface area contributed by atoms with Gasteiger partial charge in [-0.05, 0) is 139 Å². The number of aromatic nitrogens is 1. The largest absolute Gasteiger partial charge is 0.314 e. The van der Waals surface area contributed by atoms with Crippen LogP contribution in [0, 0.1) is 0 Å². The Bertz CT molecular complexity index is 3730. The van der Waals surface area contributed by atoms with Gasteiger partial charge in [0.1, 0.15) is 0 Å². The molecule has 0 N–H and O–H groups in total. The highest BCUT2D eigenvalue weighted by Gasteiger charge is 2.51. The first kappa shape index (κ1) is 37.4. The molecular formula is C64H46N2. The minimum absolute atomic E-state index is 0.0480. The Kier molecular flexibility index (Phi) is 7.82. The zero-order valence-electron chi connectivity index (χ0n) is 37.1. The van der Waals surface area contributed by atoms with Crippen molar-refractivity contribution in [3.8, 4) is 39.1 Å². The molecule has 14 rings (SSSR count). The van der Waals surface area contributed by atoms with Gasteiger partial charge in [-0.3, -0.25) is 0 Å². The van der Waals surface area contributed by atoms with E-state index < -0.39 is 5.41 Å². The lowest BCUT2D eigenvalue weighted by Gasteiger charge is -2.39. The number of hydrogen-bond donors (Lipinski definition) is 0. The molecule has 1 spiro atoms. The number of benzene rings is 9. The zero-order chi connectivity index (χ0) is 43.7. The summed E-state index contributed by atoms with van der Waals surface area (Å²) in [4.78, 5) is 2.52.